The summed E-state index contributed by atoms with van der Waals surface area (Å²) in [5.41, 5.74) is 0. The molecule has 0 atom stereocenters. The van der Waals surface area contributed by atoms with E-state index in [2.05, 4.69) is 13.8 Å². The molecule has 0 aromatic heterocycles. The lowest BCUT2D eigenvalue weighted by Crippen LogP contribution is -1.87. The summed E-state index contributed by atoms with van der Waals surface area (Å²) < 4.78 is 0. The number of rotatable bonds is 11. The van der Waals surface area contributed by atoms with Gasteiger partial charge in [0, 0.05) is 5.88 Å². The zero-order valence-electron chi connectivity index (χ0n) is 10.7. The summed E-state index contributed by atoms with van der Waals surface area (Å²) in [6.45, 7) is 4.63. The fraction of sp³-hybridized carbons (Fsp3) is 1.00. The van der Waals surface area contributed by atoms with Gasteiger partial charge in [-0.2, -0.15) is 0 Å². The predicted molar refractivity (Wildman–Crippen MR) is 71.7 cm³/mol. The molecule has 92 valence electrons. The first-order valence-electron chi connectivity index (χ1n) is 6.83. The van der Waals surface area contributed by atoms with E-state index in [1.54, 1.807) is 0 Å². The molecule has 0 aliphatic heterocycles. The van der Waals surface area contributed by atoms with Gasteiger partial charge in [0.1, 0.15) is 0 Å². The van der Waals surface area contributed by atoms with Gasteiger partial charge in [-0.3, -0.25) is 0 Å². The van der Waals surface area contributed by atoms with Crippen molar-refractivity contribution in [1.29, 1.82) is 0 Å². The molecule has 0 amide bonds. The third kappa shape index (κ3) is 14.3. The van der Waals surface area contributed by atoms with Crippen LogP contribution in [0.5, 0.6) is 0 Å². The van der Waals surface area contributed by atoms with Crippen LogP contribution in [0.1, 0.15) is 78.1 Å². The Bertz CT molecular complexity index is 110. The van der Waals surface area contributed by atoms with E-state index in [0.29, 0.717) is 0 Å². The van der Waals surface area contributed by atoms with E-state index in [0.717, 1.165) is 11.8 Å². The molecule has 0 aliphatic carbocycles. The molecule has 0 aromatic carbocycles. The minimum absolute atomic E-state index is 0.842. The molecule has 0 N–H and O–H groups in total. The van der Waals surface area contributed by atoms with Crippen LogP contribution in [0.3, 0.4) is 0 Å². The van der Waals surface area contributed by atoms with Crippen LogP contribution < -0.4 is 0 Å². The smallest absolute Gasteiger partial charge is 0.0223 e. The number of hydrogen-bond donors (Lipinski definition) is 0. The Kier molecular flexibility index (Phi) is 12.6. The molecule has 0 unspecified atom stereocenters. The van der Waals surface area contributed by atoms with Crippen molar-refractivity contribution in [1.82, 2.24) is 0 Å². The van der Waals surface area contributed by atoms with Gasteiger partial charge in [0.15, 0.2) is 0 Å². The molecule has 0 aliphatic rings. The number of unbranched alkanes of at least 4 members (excludes halogenated alkanes) is 8. The molecule has 0 saturated carbocycles. The molecular formula is C14H29Cl. The molecule has 0 heterocycles. The molecule has 0 fully saturated rings. The molecule has 0 aromatic rings. The number of alkyl halides is 1. The summed E-state index contributed by atoms with van der Waals surface area (Å²) in [6, 6.07) is 0. The van der Waals surface area contributed by atoms with Crippen LogP contribution in [-0.2, 0) is 0 Å². The van der Waals surface area contributed by atoms with Crippen LogP contribution in [-0.4, -0.2) is 5.88 Å². The van der Waals surface area contributed by atoms with Crippen molar-refractivity contribution in [3.05, 3.63) is 0 Å². The molecule has 15 heavy (non-hydrogen) atoms. The van der Waals surface area contributed by atoms with E-state index in [1.807, 2.05) is 0 Å². The van der Waals surface area contributed by atoms with Crippen LogP contribution in [0.15, 0.2) is 0 Å². The topological polar surface area (TPSA) is 0 Å². The van der Waals surface area contributed by atoms with E-state index < -0.39 is 0 Å². The maximum Gasteiger partial charge on any atom is 0.0223 e. The minimum atomic E-state index is 0.842. The highest BCUT2D eigenvalue weighted by Crippen LogP contribution is 2.12. The van der Waals surface area contributed by atoms with Gasteiger partial charge in [-0.25, -0.2) is 0 Å². The summed E-state index contributed by atoms with van der Waals surface area (Å²) in [5, 5.41) is 0. The molecule has 1 heteroatoms. The monoisotopic (exact) mass is 232 g/mol. The maximum atomic E-state index is 5.62. The Morgan fingerprint density at radius 3 is 1.47 bits per heavy atom. The van der Waals surface area contributed by atoms with E-state index in [9.17, 15) is 0 Å². The summed E-state index contributed by atoms with van der Waals surface area (Å²) in [7, 11) is 0. The van der Waals surface area contributed by atoms with E-state index >= 15 is 0 Å². The summed E-state index contributed by atoms with van der Waals surface area (Å²) >= 11 is 5.62. The highest BCUT2D eigenvalue weighted by atomic mass is 35.5. The van der Waals surface area contributed by atoms with Gasteiger partial charge in [-0.15, -0.1) is 11.6 Å². The van der Waals surface area contributed by atoms with Crippen molar-refractivity contribution in [2.75, 3.05) is 5.88 Å². The van der Waals surface area contributed by atoms with Gasteiger partial charge in [-0.1, -0.05) is 71.6 Å². The highest BCUT2D eigenvalue weighted by molar-refractivity contribution is 6.17. The lowest BCUT2D eigenvalue weighted by molar-refractivity contribution is 0.507. The standard InChI is InChI=1S/C14H29Cl/c1-14(2)12-10-8-6-4-3-5-7-9-11-13-15/h14H,3-13H2,1-2H3. The largest absolute Gasteiger partial charge is 0.127 e. The number of halogens is 1. The normalized spacial score (nSPS) is 11.2. The van der Waals surface area contributed by atoms with Crippen molar-refractivity contribution in [3.63, 3.8) is 0 Å². The Morgan fingerprint density at radius 1 is 0.667 bits per heavy atom. The number of hydrogen-bond acceptors (Lipinski definition) is 0. The molecule has 0 rings (SSSR count). The van der Waals surface area contributed by atoms with Gasteiger partial charge < -0.3 is 0 Å². The Morgan fingerprint density at radius 2 is 1.07 bits per heavy atom. The quantitative estimate of drug-likeness (QED) is 0.313. The average Bonchev–Trinajstić information content (AvgIpc) is 2.20. The van der Waals surface area contributed by atoms with Crippen LogP contribution in [0.25, 0.3) is 0 Å². The van der Waals surface area contributed by atoms with Crippen molar-refractivity contribution < 1.29 is 0 Å². The zero-order chi connectivity index (χ0) is 11.4. The molecule has 0 saturated heterocycles. The fourth-order valence-electron chi connectivity index (χ4n) is 1.88. The lowest BCUT2D eigenvalue weighted by Gasteiger charge is -2.04. The van der Waals surface area contributed by atoms with Gasteiger partial charge in [-0.05, 0) is 12.3 Å². The summed E-state index contributed by atoms with van der Waals surface area (Å²) in [6.07, 6.45) is 14.0. The molecule has 0 radical (unpaired) electrons. The van der Waals surface area contributed by atoms with Crippen molar-refractivity contribution >= 4 is 11.6 Å². The Labute approximate surface area is 102 Å². The van der Waals surface area contributed by atoms with Crippen LogP contribution in [0.4, 0.5) is 0 Å². The Hall–Kier alpha value is 0.290. The minimum Gasteiger partial charge on any atom is -0.127 e. The fourth-order valence-corrected chi connectivity index (χ4v) is 2.07. The van der Waals surface area contributed by atoms with Crippen LogP contribution in [0.2, 0.25) is 0 Å². The molecule has 0 bridgehead atoms. The van der Waals surface area contributed by atoms with Gasteiger partial charge >= 0.3 is 0 Å². The van der Waals surface area contributed by atoms with Crippen molar-refractivity contribution in [3.8, 4) is 0 Å². The maximum absolute atomic E-state index is 5.62. The third-order valence-corrected chi connectivity index (χ3v) is 3.18. The second-order valence-corrected chi connectivity index (χ2v) is 5.43. The van der Waals surface area contributed by atoms with E-state index in [1.165, 1.54) is 64.2 Å². The van der Waals surface area contributed by atoms with E-state index in [-0.39, 0.29) is 0 Å². The lowest BCUT2D eigenvalue weighted by atomic mass is 10.0. The molecular weight excluding hydrogens is 204 g/mol. The third-order valence-electron chi connectivity index (χ3n) is 2.92. The SMILES string of the molecule is CC(C)CCCCCCCCCCCCl. The van der Waals surface area contributed by atoms with Crippen LogP contribution in [0, 0.1) is 5.92 Å². The average molecular weight is 233 g/mol. The van der Waals surface area contributed by atoms with Crippen molar-refractivity contribution in [2.24, 2.45) is 5.92 Å². The second kappa shape index (κ2) is 12.4. The second-order valence-electron chi connectivity index (χ2n) is 5.05. The van der Waals surface area contributed by atoms with Gasteiger partial charge in [0.2, 0.25) is 0 Å². The van der Waals surface area contributed by atoms with Crippen molar-refractivity contribution in [2.45, 2.75) is 78.1 Å². The summed E-state index contributed by atoms with van der Waals surface area (Å²) in [4.78, 5) is 0. The first-order valence-corrected chi connectivity index (χ1v) is 7.36. The first-order chi connectivity index (χ1) is 7.27. The first kappa shape index (κ1) is 15.3. The predicted octanol–water partition coefficient (Wildman–Crippen LogP) is 5.78. The molecule has 0 spiro atoms. The molecule has 0 nitrogen and oxygen atoms in total. The summed E-state index contributed by atoms with van der Waals surface area (Å²) in [5.74, 6) is 1.73. The van der Waals surface area contributed by atoms with Crippen LogP contribution >= 0.6 is 11.6 Å². The van der Waals surface area contributed by atoms with Gasteiger partial charge in [0.25, 0.3) is 0 Å². The Balaban J connectivity index is 2.87. The van der Waals surface area contributed by atoms with Gasteiger partial charge in [0.05, 0.1) is 0 Å². The highest BCUT2D eigenvalue weighted by Gasteiger charge is 1.95. The zero-order valence-corrected chi connectivity index (χ0v) is 11.5. The van der Waals surface area contributed by atoms with E-state index in [4.69, 9.17) is 11.6 Å².